The molecule has 138 valence electrons. The van der Waals surface area contributed by atoms with Crippen LogP contribution in [0.2, 0.25) is 0 Å². The monoisotopic (exact) mass is 352 g/mol. The number of morpholine rings is 1. The van der Waals surface area contributed by atoms with E-state index in [0.29, 0.717) is 13.0 Å². The molecule has 0 aromatic heterocycles. The normalized spacial score (nSPS) is 15.0. The molecule has 4 nitrogen and oxygen atoms in total. The lowest BCUT2D eigenvalue weighted by molar-refractivity contribution is -0.120. The van der Waals surface area contributed by atoms with Crippen molar-refractivity contribution < 1.29 is 9.53 Å². The van der Waals surface area contributed by atoms with E-state index in [1.807, 2.05) is 0 Å². The fourth-order valence-corrected chi connectivity index (χ4v) is 3.28. The van der Waals surface area contributed by atoms with Crippen LogP contribution >= 0.6 is 0 Å². The first-order valence-electron chi connectivity index (χ1n) is 9.31. The van der Waals surface area contributed by atoms with E-state index in [1.165, 1.54) is 16.7 Å². The largest absolute Gasteiger partial charge is 0.379 e. The predicted octanol–water partition coefficient (Wildman–Crippen LogP) is 2.99. The van der Waals surface area contributed by atoms with Gasteiger partial charge in [0.25, 0.3) is 0 Å². The summed E-state index contributed by atoms with van der Waals surface area (Å²) in [5.74, 6) is 0.0669. The summed E-state index contributed by atoms with van der Waals surface area (Å²) in [6.07, 6.45) is 0.432. The van der Waals surface area contributed by atoms with Gasteiger partial charge in [-0.05, 0) is 36.1 Å². The molecule has 1 heterocycles. The smallest absolute Gasteiger partial charge is 0.224 e. The summed E-state index contributed by atoms with van der Waals surface area (Å²) in [6, 6.07) is 14.7. The first-order valence-corrected chi connectivity index (χ1v) is 9.31. The number of hydrogen-bond donors (Lipinski definition) is 1. The van der Waals surface area contributed by atoms with Gasteiger partial charge in [0, 0.05) is 26.2 Å². The van der Waals surface area contributed by atoms with E-state index < -0.39 is 0 Å². The second kappa shape index (κ2) is 8.97. The molecule has 0 spiro atoms. The minimum Gasteiger partial charge on any atom is -0.379 e. The highest BCUT2D eigenvalue weighted by atomic mass is 16.5. The molecule has 2 aromatic carbocycles. The van der Waals surface area contributed by atoms with Gasteiger partial charge in [0.2, 0.25) is 5.91 Å². The molecule has 26 heavy (non-hydrogen) atoms. The number of carbonyl (C=O) groups excluding carboxylic acids is 1. The van der Waals surface area contributed by atoms with Crippen LogP contribution in [0.1, 0.15) is 27.8 Å². The lowest BCUT2D eigenvalue weighted by atomic mass is 10.0. The molecule has 4 heteroatoms. The number of ether oxygens (including phenoxy) is 1. The summed E-state index contributed by atoms with van der Waals surface area (Å²) in [4.78, 5) is 14.7. The third-order valence-corrected chi connectivity index (χ3v) is 4.85. The fourth-order valence-electron chi connectivity index (χ4n) is 3.28. The molecule has 1 amide bonds. The summed E-state index contributed by atoms with van der Waals surface area (Å²) in [7, 11) is 0. The van der Waals surface area contributed by atoms with Gasteiger partial charge < -0.3 is 10.1 Å². The van der Waals surface area contributed by atoms with Crippen LogP contribution in [0.15, 0.2) is 42.5 Å². The Morgan fingerprint density at radius 3 is 2.65 bits per heavy atom. The highest BCUT2D eigenvalue weighted by molar-refractivity contribution is 5.79. The van der Waals surface area contributed by atoms with E-state index in [9.17, 15) is 4.79 Å². The van der Waals surface area contributed by atoms with Crippen molar-refractivity contribution in [3.63, 3.8) is 0 Å². The summed E-state index contributed by atoms with van der Waals surface area (Å²) in [5, 5.41) is 3.05. The number of amides is 1. The molecule has 1 saturated heterocycles. The Morgan fingerprint density at radius 1 is 1.08 bits per heavy atom. The SMILES string of the molecule is Cc1ccc(C)c(CC(=O)NCc2cccc(CN3CCOCC3)c2)c1. The molecule has 1 aliphatic rings. The number of hydrogen-bond acceptors (Lipinski definition) is 3. The number of nitrogens with one attached hydrogen (secondary N) is 1. The number of aryl methyl sites for hydroxylation is 2. The Bertz CT molecular complexity index is 752. The van der Waals surface area contributed by atoms with Crippen molar-refractivity contribution in [2.24, 2.45) is 0 Å². The highest BCUT2D eigenvalue weighted by Gasteiger charge is 2.11. The van der Waals surface area contributed by atoms with Gasteiger partial charge in [0.1, 0.15) is 0 Å². The molecule has 0 unspecified atom stereocenters. The van der Waals surface area contributed by atoms with Gasteiger partial charge in [-0.2, -0.15) is 0 Å². The van der Waals surface area contributed by atoms with Gasteiger partial charge in [-0.3, -0.25) is 9.69 Å². The highest BCUT2D eigenvalue weighted by Crippen LogP contribution is 2.12. The Labute approximate surface area is 156 Å². The van der Waals surface area contributed by atoms with Gasteiger partial charge in [-0.25, -0.2) is 0 Å². The molecule has 1 fully saturated rings. The van der Waals surface area contributed by atoms with Crippen molar-refractivity contribution >= 4 is 5.91 Å². The zero-order chi connectivity index (χ0) is 18.4. The van der Waals surface area contributed by atoms with E-state index in [4.69, 9.17) is 4.74 Å². The van der Waals surface area contributed by atoms with E-state index in [2.05, 4.69) is 66.5 Å². The van der Waals surface area contributed by atoms with Crippen molar-refractivity contribution in [2.45, 2.75) is 33.4 Å². The zero-order valence-corrected chi connectivity index (χ0v) is 15.8. The average molecular weight is 352 g/mol. The quantitative estimate of drug-likeness (QED) is 0.869. The molecule has 0 atom stereocenters. The van der Waals surface area contributed by atoms with Gasteiger partial charge in [0.15, 0.2) is 0 Å². The maximum Gasteiger partial charge on any atom is 0.224 e. The molecule has 0 radical (unpaired) electrons. The number of carbonyl (C=O) groups is 1. The number of benzene rings is 2. The van der Waals surface area contributed by atoms with Crippen molar-refractivity contribution in [1.82, 2.24) is 10.2 Å². The van der Waals surface area contributed by atoms with Crippen LogP contribution in [-0.4, -0.2) is 37.1 Å². The van der Waals surface area contributed by atoms with E-state index in [-0.39, 0.29) is 5.91 Å². The molecular formula is C22H28N2O2. The Morgan fingerprint density at radius 2 is 1.85 bits per heavy atom. The van der Waals surface area contributed by atoms with Gasteiger partial charge in [-0.1, -0.05) is 48.0 Å². The van der Waals surface area contributed by atoms with Crippen molar-refractivity contribution in [1.29, 1.82) is 0 Å². The molecule has 3 rings (SSSR count). The molecular weight excluding hydrogens is 324 g/mol. The Kier molecular flexibility index (Phi) is 6.42. The van der Waals surface area contributed by atoms with Crippen LogP contribution in [0.3, 0.4) is 0 Å². The van der Waals surface area contributed by atoms with Gasteiger partial charge in [0.05, 0.1) is 19.6 Å². The topological polar surface area (TPSA) is 41.6 Å². The van der Waals surface area contributed by atoms with Crippen LogP contribution in [-0.2, 0) is 29.0 Å². The Hall–Kier alpha value is -2.17. The second-order valence-electron chi connectivity index (χ2n) is 7.09. The van der Waals surface area contributed by atoms with Crippen LogP contribution < -0.4 is 5.32 Å². The van der Waals surface area contributed by atoms with Crippen molar-refractivity contribution in [3.8, 4) is 0 Å². The average Bonchev–Trinajstić information content (AvgIpc) is 2.64. The van der Waals surface area contributed by atoms with E-state index in [0.717, 1.165) is 44.0 Å². The number of nitrogens with zero attached hydrogens (tertiary/aromatic N) is 1. The van der Waals surface area contributed by atoms with E-state index in [1.54, 1.807) is 0 Å². The summed E-state index contributed by atoms with van der Waals surface area (Å²) < 4.78 is 5.40. The zero-order valence-electron chi connectivity index (χ0n) is 15.8. The maximum atomic E-state index is 12.3. The first-order chi connectivity index (χ1) is 12.6. The third kappa shape index (κ3) is 5.41. The minimum atomic E-state index is 0.0669. The van der Waals surface area contributed by atoms with Gasteiger partial charge >= 0.3 is 0 Å². The standard InChI is InChI=1S/C22H28N2O2/c1-17-6-7-18(2)21(12-17)14-22(25)23-15-19-4-3-5-20(13-19)16-24-8-10-26-11-9-24/h3-7,12-13H,8-11,14-16H2,1-2H3,(H,23,25). The van der Waals surface area contributed by atoms with Crippen LogP contribution in [0.25, 0.3) is 0 Å². The lowest BCUT2D eigenvalue weighted by Crippen LogP contribution is -2.35. The van der Waals surface area contributed by atoms with Crippen molar-refractivity contribution in [3.05, 3.63) is 70.3 Å². The van der Waals surface area contributed by atoms with E-state index >= 15 is 0 Å². The van der Waals surface area contributed by atoms with Crippen LogP contribution in [0, 0.1) is 13.8 Å². The molecule has 1 aliphatic heterocycles. The molecule has 2 aromatic rings. The molecule has 1 N–H and O–H groups in total. The maximum absolute atomic E-state index is 12.3. The first kappa shape index (κ1) is 18.6. The molecule has 0 aliphatic carbocycles. The number of rotatable bonds is 6. The van der Waals surface area contributed by atoms with Gasteiger partial charge in [-0.15, -0.1) is 0 Å². The van der Waals surface area contributed by atoms with Crippen LogP contribution in [0.5, 0.6) is 0 Å². The lowest BCUT2D eigenvalue weighted by Gasteiger charge is -2.26. The minimum absolute atomic E-state index is 0.0669. The summed E-state index contributed by atoms with van der Waals surface area (Å²) in [5.41, 5.74) is 5.88. The Balaban J connectivity index is 1.53. The second-order valence-corrected chi connectivity index (χ2v) is 7.09. The predicted molar refractivity (Wildman–Crippen MR) is 104 cm³/mol. The van der Waals surface area contributed by atoms with Crippen LogP contribution in [0.4, 0.5) is 0 Å². The van der Waals surface area contributed by atoms with Crippen molar-refractivity contribution in [2.75, 3.05) is 26.3 Å². The fraction of sp³-hybridized carbons (Fsp3) is 0.409. The summed E-state index contributed by atoms with van der Waals surface area (Å²) in [6.45, 7) is 9.21. The molecule has 0 saturated carbocycles. The molecule has 0 bridgehead atoms. The summed E-state index contributed by atoms with van der Waals surface area (Å²) >= 11 is 0. The third-order valence-electron chi connectivity index (χ3n) is 4.85.